The summed E-state index contributed by atoms with van der Waals surface area (Å²) in [5.41, 5.74) is 7.48. The first-order valence-corrected chi connectivity index (χ1v) is 6.11. The van der Waals surface area contributed by atoms with E-state index >= 15 is 0 Å². The normalized spacial score (nSPS) is 10.7. The second-order valence-electron chi connectivity index (χ2n) is 4.06. The Hall–Kier alpha value is -2.47. The van der Waals surface area contributed by atoms with Gasteiger partial charge in [0.2, 0.25) is 0 Å². The molecule has 3 rings (SSSR count). The molecular weight excluding hydrogens is 281 g/mol. The lowest BCUT2D eigenvalue weighted by atomic mass is 10.1. The van der Waals surface area contributed by atoms with E-state index in [1.807, 2.05) is 0 Å². The van der Waals surface area contributed by atoms with Gasteiger partial charge in [-0.3, -0.25) is 0 Å². The summed E-state index contributed by atoms with van der Waals surface area (Å²) in [4.78, 5) is 8.15. The minimum absolute atomic E-state index is 0.0208. The van der Waals surface area contributed by atoms with Gasteiger partial charge in [-0.1, -0.05) is 11.6 Å². The maximum atomic E-state index is 13.2. The lowest BCUT2D eigenvalue weighted by Gasteiger charge is -2.00. The molecule has 0 aliphatic heterocycles. The van der Waals surface area contributed by atoms with Gasteiger partial charge in [-0.25, -0.2) is 19.0 Å². The topological polar surface area (TPSA) is 69.6 Å². The van der Waals surface area contributed by atoms with Crippen molar-refractivity contribution in [1.82, 2.24) is 19.7 Å². The number of nitrogen functional groups attached to an aromatic ring is 1. The Balaban J connectivity index is 2.07. The third-order valence-electron chi connectivity index (χ3n) is 2.69. The van der Waals surface area contributed by atoms with Crippen LogP contribution in [0.1, 0.15) is 0 Å². The van der Waals surface area contributed by atoms with Crippen LogP contribution in [0.15, 0.2) is 42.9 Å². The summed E-state index contributed by atoms with van der Waals surface area (Å²) in [7, 11) is 0. The van der Waals surface area contributed by atoms with Crippen molar-refractivity contribution in [3.8, 4) is 17.2 Å². The molecule has 0 fully saturated rings. The largest absolute Gasteiger partial charge is 0.396 e. The number of nitrogens with two attached hydrogens (primary N) is 1. The monoisotopic (exact) mass is 289 g/mol. The minimum atomic E-state index is -0.486. The molecule has 7 heteroatoms. The minimum Gasteiger partial charge on any atom is -0.396 e. The van der Waals surface area contributed by atoms with E-state index in [-0.39, 0.29) is 5.02 Å². The summed E-state index contributed by atoms with van der Waals surface area (Å²) >= 11 is 5.76. The summed E-state index contributed by atoms with van der Waals surface area (Å²) in [6.07, 6.45) is 4.81. The van der Waals surface area contributed by atoms with Crippen molar-refractivity contribution in [2.45, 2.75) is 0 Å². The molecule has 100 valence electrons. The maximum Gasteiger partial charge on any atom is 0.250 e. The van der Waals surface area contributed by atoms with E-state index in [2.05, 4.69) is 15.1 Å². The second-order valence-corrected chi connectivity index (χ2v) is 4.46. The molecule has 0 aliphatic rings. The quantitative estimate of drug-likeness (QED) is 0.787. The fourth-order valence-electron chi connectivity index (χ4n) is 1.77. The van der Waals surface area contributed by atoms with Crippen molar-refractivity contribution in [3.63, 3.8) is 0 Å². The lowest BCUT2D eigenvalue weighted by molar-refractivity contribution is 0.628. The molecule has 0 bridgehead atoms. The molecular formula is C13H9ClFN5. The van der Waals surface area contributed by atoms with E-state index in [1.54, 1.807) is 30.7 Å². The number of hydrogen-bond acceptors (Lipinski definition) is 4. The molecule has 0 aliphatic carbocycles. The Morgan fingerprint density at radius 1 is 1.20 bits per heavy atom. The highest BCUT2D eigenvalue weighted by molar-refractivity contribution is 6.31. The smallest absolute Gasteiger partial charge is 0.250 e. The van der Waals surface area contributed by atoms with Crippen LogP contribution in [0, 0.1) is 5.82 Å². The average molecular weight is 290 g/mol. The maximum absolute atomic E-state index is 13.2. The highest BCUT2D eigenvalue weighted by Gasteiger charge is 2.12. The van der Waals surface area contributed by atoms with Crippen molar-refractivity contribution in [2.75, 3.05) is 5.73 Å². The van der Waals surface area contributed by atoms with E-state index in [9.17, 15) is 4.39 Å². The molecule has 0 unspecified atom stereocenters. The van der Waals surface area contributed by atoms with Crippen molar-refractivity contribution < 1.29 is 4.39 Å². The van der Waals surface area contributed by atoms with Gasteiger partial charge in [-0.2, -0.15) is 5.10 Å². The van der Waals surface area contributed by atoms with E-state index < -0.39 is 5.82 Å². The molecule has 0 atom stereocenters. The van der Waals surface area contributed by atoms with E-state index in [0.717, 1.165) is 0 Å². The summed E-state index contributed by atoms with van der Waals surface area (Å²) in [5.74, 6) is -0.0847. The van der Waals surface area contributed by atoms with Crippen molar-refractivity contribution in [1.29, 1.82) is 0 Å². The van der Waals surface area contributed by atoms with Gasteiger partial charge in [-0.05, 0) is 24.3 Å². The van der Waals surface area contributed by atoms with Gasteiger partial charge < -0.3 is 5.73 Å². The molecule has 2 aromatic heterocycles. The van der Waals surface area contributed by atoms with Gasteiger partial charge in [0.05, 0.1) is 16.9 Å². The Bertz CT molecular complexity index is 757. The summed E-state index contributed by atoms with van der Waals surface area (Å²) in [6, 6.07) is 6.02. The van der Waals surface area contributed by atoms with E-state index in [1.165, 1.54) is 16.8 Å². The molecule has 2 N–H and O–H groups in total. The summed E-state index contributed by atoms with van der Waals surface area (Å²) in [6.45, 7) is 0. The van der Waals surface area contributed by atoms with Gasteiger partial charge in [0.1, 0.15) is 11.5 Å². The van der Waals surface area contributed by atoms with E-state index in [4.69, 9.17) is 17.3 Å². The molecule has 3 aromatic rings. The highest BCUT2D eigenvalue weighted by Crippen LogP contribution is 2.28. The molecule has 0 spiro atoms. The van der Waals surface area contributed by atoms with Crippen LogP contribution in [0.5, 0.6) is 0 Å². The molecule has 0 saturated carbocycles. The van der Waals surface area contributed by atoms with Crippen LogP contribution in [-0.2, 0) is 0 Å². The molecule has 5 nitrogen and oxygen atoms in total. The van der Waals surface area contributed by atoms with Crippen LogP contribution in [0.4, 0.5) is 10.1 Å². The molecule has 0 saturated heterocycles. The van der Waals surface area contributed by atoms with Crippen LogP contribution < -0.4 is 5.73 Å². The Morgan fingerprint density at radius 2 is 1.95 bits per heavy atom. The number of aromatic nitrogens is 4. The van der Waals surface area contributed by atoms with Gasteiger partial charge in [0.25, 0.3) is 5.95 Å². The standard InChI is InChI=1S/C13H9ClFN5/c14-9-6-8(2-3-10(9)15)12-11(16)7-20(19-12)13-17-4-1-5-18-13/h1-7H,16H2. The van der Waals surface area contributed by atoms with Crippen molar-refractivity contribution in [2.24, 2.45) is 0 Å². The van der Waals surface area contributed by atoms with Gasteiger partial charge >= 0.3 is 0 Å². The SMILES string of the molecule is Nc1cn(-c2ncccn2)nc1-c1ccc(F)c(Cl)c1. The number of benzene rings is 1. The summed E-state index contributed by atoms with van der Waals surface area (Å²) < 4.78 is 14.6. The first-order chi connectivity index (χ1) is 9.65. The van der Waals surface area contributed by atoms with E-state index in [0.29, 0.717) is 22.9 Å². The molecule has 0 radical (unpaired) electrons. The van der Waals surface area contributed by atoms with Crippen LogP contribution in [0.2, 0.25) is 5.02 Å². The van der Waals surface area contributed by atoms with Crippen LogP contribution in [0.3, 0.4) is 0 Å². The lowest BCUT2D eigenvalue weighted by Crippen LogP contribution is -2.00. The Morgan fingerprint density at radius 3 is 2.65 bits per heavy atom. The number of halogens is 2. The fourth-order valence-corrected chi connectivity index (χ4v) is 1.95. The van der Waals surface area contributed by atoms with Crippen LogP contribution >= 0.6 is 11.6 Å². The molecule has 1 aromatic carbocycles. The average Bonchev–Trinajstić information content (AvgIpc) is 2.85. The van der Waals surface area contributed by atoms with Crippen LogP contribution in [0.25, 0.3) is 17.2 Å². The first-order valence-electron chi connectivity index (χ1n) is 5.73. The highest BCUT2D eigenvalue weighted by atomic mass is 35.5. The Labute approximate surface area is 118 Å². The van der Waals surface area contributed by atoms with Crippen molar-refractivity contribution in [3.05, 3.63) is 53.7 Å². The predicted molar refractivity (Wildman–Crippen MR) is 74.0 cm³/mol. The van der Waals surface area contributed by atoms with Gasteiger partial charge in [0, 0.05) is 18.0 Å². The van der Waals surface area contributed by atoms with Crippen LogP contribution in [-0.4, -0.2) is 19.7 Å². The second kappa shape index (κ2) is 4.90. The predicted octanol–water partition coefficient (Wildman–Crippen LogP) is 2.70. The van der Waals surface area contributed by atoms with Gasteiger partial charge in [-0.15, -0.1) is 0 Å². The zero-order chi connectivity index (χ0) is 14.1. The Kier molecular flexibility index (Phi) is 3.08. The van der Waals surface area contributed by atoms with Crippen molar-refractivity contribution >= 4 is 17.3 Å². The third kappa shape index (κ3) is 2.21. The fraction of sp³-hybridized carbons (Fsp3) is 0. The van der Waals surface area contributed by atoms with Gasteiger partial charge in [0.15, 0.2) is 0 Å². The first kappa shape index (κ1) is 12.6. The third-order valence-corrected chi connectivity index (χ3v) is 2.98. The molecule has 0 amide bonds. The zero-order valence-electron chi connectivity index (χ0n) is 10.2. The number of anilines is 1. The number of rotatable bonds is 2. The molecule has 20 heavy (non-hydrogen) atoms. The number of hydrogen-bond donors (Lipinski definition) is 1. The summed E-state index contributed by atoms with van der Waals surface area (Å²) in [5, 5.41) is 4.33. The number of nitrogens with zero attached hydrogens (tertiary/aromatic N) is 4. The molecule has 2 heterocycles. The zero-order valence-corrected chi connectivity index (χ0v) is 10.9.